The molecule has 0 aliphatic rings. The Labute approximate surface area is 180 Å². The van der Waals surface area contributed by atoms with Gasteiger partial charge in [-0.15, -0.1) is 10.2 Å². The van der Waals surface area contributed by atoms with Gasteiger partial charge in [-0.25, -0.2) is 0 Å². The highest BCUT2D eigenvalue weighted by molar-refractivity contribution is 9.10. The van der Waals surface area contributed by atoms with Gasteiger partial charge >= 0.3 is 5.97 Å². The van der Waals surface area contributed by atoms with E-state index in [1.807, 2.05) is 59.2 Å². The number of carbonyl (C=O) groups excluding carboxylic acids is 1. The van der Waals surface area contributed by atoms with Gasteiger partial charge in [-0.05, 0) is 48.5 Å². The Bertz CT molecular complexity index is 1100. The van der Waals surface area contributed by atoms with Gasteiger partial charge in [0.25, 0.3) is 0 Å². The summed E-state index contributed by atoms with van der Waals surface area (Å²) < 4.78 is 8.21. The van der Waals surface area contributed by atoms with Crippen LogP contribution in [0.3, 0.4) is 0 Å². The summed E-state index contributed by atoms with van der Waals surface area (Å²) in [6.07, 6.45) is 3.44. The minimum atomic E-state index is -0.358. The molecule has 0 saturated heterocycles. The Hall–Kier alpha value is -2.97. The molecular formula is C21H15BrN4O2S. The van der Waals surface area contributed by atoms with Crippen molar-refractivity contribution in [2.75, 3.05) is 5.75 Å². The lowest BCUT2D eigenvalue weighted by Gasteiger charge is -2.10. The molecule has 0 spiro atoms. The predicted octanol–water partition coefficient (Wildman–Crippen LogP) is 4.79. The third kappa shape index (κ3) is 4.72. The van der Waals surface area contributed by atoms with Gasteiger partial charge in [0, 0.05) is 28.1 Å². The van der Waals surface area contributed by atoms with E-state index in [1.165, 1.54) is 11.8 Å². The fourth-order valence-electron chi connectivity index (χ4n) is 2.64. The lowest BCUT2D eigenvalue weighted by atomic mass is 10.2. The fourth-order valence-corrected chi connectivity index (χ4v) is 3.63. The molecule has 4 rings (SSSR count). The highest BCUT2D eigenvalue weighted by Gasteiger charge is 2.18. The molecule has 0 atom stereocenters. The van der Waals surface area contributed by atoms with Gasteiger partial charge in [0.1, 0.15) is 5.75 Å². The van der Waals surface area contributed by atoms with Crippen molar-refractivity contribution < 1.29 is 9.53 Å². The molecule has 0 radical (unpaired) electrons. The molecule has 29 heavy (non-hydrogen) atoms. The number of nitrogens with zero attached hydrogens (tertiary/aromatic N) is 4. The van der Waals surface area contributed by atoms with Crippen LogP contribution in [-0.2, 0) is 4.79 Å². The Morgan fingerprint density at radius 2 is 1.79 bits per heavy atom. The summed E-state index contributed by atoms with van der Waals surface area (Å²) in [4.78, 5) is 16.4. The highest BCUT2D eigenvalue weighted by atomic mass is 79.9. The molecule has 4 aromatic rings. The van der Waals surface area contributed by atoms with Crippen molar-refractivity contribution in [3.63, 3.8) is 0 Å². The number of hydrogen-bond acceptors (Lipinski definition) is 6. The molecule has 6 nitrogen and oxygen atoms in total. The number of para-hydroxylation sites is 1. The molecule has 0 aliphatic heterocycles. The fraction of sp³-hybridized carbons (Fsp3) is 0.0476. The van der Waals surface area contributed by atoms with E-state index >= 15 is 0 Å². The summed E-state index contributed by atoms with van der Waals surface area (Å²) in [6.45, 7) is 0. The Kier molecular flexibility index (Phi) is 6.02. The average Bonchev–Trinajstić information content (AvgIpc) is 3.19. The first-order chi connectivity index (χ1) is 14.2. The number of halogens is 1. The molecule has 0 bridgehead atoms. The molecule has 0 unspecified atom stereocenters. The first-order valence-electron chi connectivity index (χ1n) is 8.71. The van der Waals surface area contributed by atoms with Gasteiger partial charge in [0.2, 0.25) is 0 Å². The van der Waals surface area contributed by atoms with E-state index in [4.69, 9.17) is 4.74 Å². The molecule has 2 aromatic carbocycles. The molecule has 0 N–H and O–H groups in total. The minimum Gasteiger partial charge on any atom is -0.426 e. The standard InChI is InChI=1S/C21H15BrN4O2S/c22-16-8-10-18(11-9-16)28-19(27)14-29-21-25-24-20(15-5-4-12-23-13-15)26(21)17-6-2-1-3-7-17/h1-13H,14H2. The molecule has 0 amide bonds. The van der Waals surface area contributed by atoms with Crippen LogP contribution in [0.15, 0.2) is 88.8 Å². The zero-order valence-electron chi connectivity index (χ0n) is 15.1. The smallest absolute Gasteiger partial charge is 0.321 e. The summed E-state index contributed by atoms with van der Waals surface area (Å²) >= 11 is 4.63. The van der Waals surface area contributed by atoms with E-state index in [0.717, 1.165) is 15.7 Å². The Balaban J connectivity index is 1.56. The second-order valence-corrected chi connectivity index (χ2v) is 7.79. The third-order valence-electron chi connectivity index (χ3n) is 3.93. The van der Waals surface area contributed by atoms with Crippen LogP contribution in [-0.4, -0.2) is 31.5 Å². The zero-order chi connectivity index (χ0) is 20.1. The number of rotatable bonds is 6. The van der Waals surface area contributed by atoms with Crippen LogP contribution in [0.5, 0.6) is 5.75 Å². The molecule has 8 heteroatoms. The molecule has 0 aliphatic carbocycles. The van der Waals surface area contributed by atoms with Gasteiger partial charge in [-0.2, -0.15) is 0 Å². The van der Waals surface area contributed by atoms with Crippen LogP contribution in [0.1, 0.15) is 0 Å². The van der Waals surface area contributed by atoms with Crippen molar-refractivity contribution in [2.45, 2.75) is 5.16 Å². The minimum absolute atomic E-state index is 0.105. The van der Waals surface area contributed by atoms with Crippen molar-refractivity contribution >= 4 is 33.7 Å². The number of pyridine rings is 1. The van der Waals surface area contributed by atoms with Crippen LogP contribution in [0.4, 0.5) is 0 Å². The quantitative estimate of drug-likeness (QED) is 0.231. The van der Waals surface area contributed by atoms with Gasteiger partial charge in [0.05, 0.1) is 5.75 Å². The van der Waals surface area contributed by atoms with Gasteiger partial charge in [0.15, 0.2) is 11.0 Å². The van der Waals surface area contributed by atoms with Crippen LogP contribution in [0.25, 0.3) is 17.1 Å². The third-order valence-corrected chi connectivity index (χ3v) is 5.36. The van der Waals surface area contributed by atoms with Crippen LogP contribution in [0, 0.1) is 0 Å². The van der Waals surface area contributed by atoms with E-state index in [0.29, 0.717) is 16.7 Å². The van der Waals surface area contributed by atoms with E-state index in [-0.39, 0.29) is 11.7 Å². The van der Waals surface area contributed by atoms with Crippen molar-refractivity contribution in [1.29, 1.82) is 0 Å². The van der Waals surface area contributed by atoms with E-state index < -0.39 is 0 Å². The second-order valence-electron chi connectivity index (χ2n) is 5.94. The van der Waals surface area contributed by atoms with Gasteiger partial charge in [-0.3, -0.25) is 14.3 Å². The largest absolute Gasteiger partial charge is 0.426 e. The Morgan fingerprint density at radius 3 is 2.52 bits per heavy atom. The van der Waals surface area contributed by atoms with Crippen molar-refractivity contribution in [3.8, 4) is 22.8 Å². The summed E-state index contributed by atoms with van der Waals surface area (Å²) in [5.41, 5.74) is 1.74. The maximum atomic E-state index is 12.3. The number of thioether (sulfide) groups is 1. The molecule has 144 valence electrons. The topological polar surface area (TPSA) is 69.9 Å². The van der Waals surface area contributed by atoms with Crippen LogP contribution >= 0.6 is 27.7 Å². The average molecular weight is 467 g/mol. The number of carbonyl (C=O) groups is 1. The number of esters is 1. The van der Waals surface area contributed by atoms with Crippen LogP contribution in [0.2, 0.25) is 0 Å². The van der Waals surface area contributed by atoms with E-state index in [9.17, 15) is 4.79 Å². The molecule has 2 heterocycles. The number of ether oxygens (including phenoxy) is 1. The van der Waals surface area contributed by atoms with E-state index in [1.54, 1.807) is 24.5 Å². The summed E-state index contributed by atoms with van der Waals surface area (Å²) in [6, 6.07) is 20.6. The maximum absolute atomic E-state index is 12.3. The molecule has 0 saturated carbocycles. The highest BCUT2D eigenvalue weighted by Crippen LogP contribution is 2.27. The molecule has 0 fully saturated rings. The molecule has 2 aromatic heterocycles. The Morgan fingerprint density at radius 1 is 1.00 bits per heavy atom. The first-order valence-corrected chi connectivity index (χ1v) is 10.5. The van der Waals surface area contributed by atoms with Gasteiger partial charge in [-0.1, -0.05) is 45.9 Å². The first kappa shape index (κ1) is 19.4. The number of benzene rings is 2. The van der Waals surface area contributed by atoms with Crippen molar-refractivity contribution in [1.82, 2.24) is 19.7 Å². The zero-order valence-corrected chi connectivity index (χ0v) is 17.5. The summed E-state index contributed by atoms with van der Waals surface area (Å²) in [7, 11) is 0. The SMILES string of the molecule is O=C(CSc1nnc(-c2cccnc2)n1-c1ccccc1)Oc1ccc(Br)cc1. The monoisotopic (exact) mass is 466 g/mol. The second kappa shape index (κ2) is 9.02. The van der Waals surface area contributed by atoms with Crippen molar-refractivity contribution in [3.05, 3.63) is 83.6 Å². The van der Waals surface area contributed by atoms with Gasteiger partial charge < -0.3 is 4.74 Å². The maximum Gasteiger partial charge on any atom is 0.321 e. The lowest BCUT2D eigenvalue weighted by molar-refractivity contribution is -0.131. The summed E-state index contributed by atoms with van der Waals surface area (Å²) in [5.74, 6) is 0.906. The van der Waals surface area contributed by atoms with E-state index in [2.05, 4.69) is 31.1 Å². The predicted molar refractivity (Wildman–Crippen MR) is 115 cm³/mol. The van der Waals surface area contributed by atoms with Crippen LogP contribution < -0.4 is 4.74 Å². The number of aromatic nitrogens is 4. The summed E-state index contributed by atoms with van der Waals surface area (Å²) in [5, 5.41) is 9.22. The lowest BCUT2D eigenvalue weighted by Crippen LogP contribution is -2.11. The molecular weight excluding hydrogens is 452 g/mol. The van der Waals surface area contributed by atoms with Crippen molar-refractivity contribution in [2.24, 2.45) is 0 Å². The normalized spacial score (nSPS) is 10.7. The number of hydrogen-bond donors (Lipinski definition) is 0.